The first-order chi connectivity index (χ1) is 11.6. The van der Waals surface area contributed by atoms with Gasteiger partial charge in [0, 0.05) is 38.3 Å². The fourth-order valence-electron chi connectivity index (χ4n) is 2.97. The van der Waals surface area contributed by atoms with Crippen molar-refractivity contribution < 1.29 is 13.9 Å². The zero-order chi connectivity index (χ0) is 16.9. The average Bonchev–Trinajstić information content (AvgIpc) is 2.95. The lowest BCUT2D eigenvalue weighted by Gasteiger charge is -2.35. The highest BCUT2D eigenvalue weighted by Gasteiger charge is 2.21. The van der Waals surface area contributed by atoms with Gasteiger partial charge in [0.15, 0.2) is 5.58 Å². The van der Waals surface area contributed by atoms with Crippen molar-refractivity contribution >= 4 is 23.1 Å². The molecule has 6 heteroatoms. The first kappa shape index (κ1) is 16.7. The fraction of sp³-hybridized carbons (Fsp3) is 0.444. The molecule has 1 aromatic carbocycles. The van der Waals surface area contributed by atoms with Crippen LogP contribution in [0.15, 0.2) is 34.8 Å². The number of rotatable bonds is 5. The second-order valence-electron chi connectivity index (χ2n) is 6.16. The lowest BCUT2D eigenvalue weighted by atomic mass is 10.2. The van der Waals surface area contributed by atoms with Gasteiger partial charge in [0.25, 0.3) is 0 Å². The molecule has 0 unspecified atom stereocenters. The predicted octanol–water partition coefficient (Wildman–Crippen LogP) is 2.07. The van der Waals surface area contributed by atoms with E-state index in [0.29, 0.717) is 18.0 Å². The zero-order valence-electron chi connectivity index (χ0n) is 14.1. The van der Waals surface area contributed by atoms with E-state index >= 15 is 0 Å². The summed E-state index contributed by atoms with van der Waals surface area (Å²) in [5.74, 6) is 0.286. The van der Waals surface area contributed by atoms with Crippen LogP contribution in [0.25, 0.3) is 17.2 Å². The van der Waals surface area contributed by atoms with Gasteiger partial charge < -0.3 is 14.5 Å². The van der Waals surface area contributed by atoms with Gasteiger partial charge in [-0.05, 0) is 26.0 Å². The molecule has 24 heavy (non-hydrogen) atoms. The number of ether oxygens (including phenoxy) is 1. The molecule has 1 aromatic heterocycles. The van der Waals surface area contributed by atoms with Crippen molar-refractivity contribution in [3.05, 3.63) is 36.2 Å². The van der Waals surface area contributed by atoms with Crippen LogP contribution in [0.1, 0.15) is 19.7 Å². The van der Waals surface area contributed by atoms with Gasteiger partial charge in [-0.2, -0.15) is 0 Å². The SMILES string of the molecule is C[C@@H]1CN(CCNC(=O)/C=C\c2nc3ccccc3o2)C[C@H](C)O1. The zero-order valence-corrected chi connectivity index (χ0v) is 14.1. The van der Waals surface area contributed by atoms with Crippen LogP contribution in [-0.4, -0.2) is 54.2 Å². The number of carbonyl (C=O) groups is 1. The number of nitrogens with one attached hydrogen (secondary N) is 1. The summed E-state index contributed by atoms with van der Waals surface area (Å²) in [6, 6.07) is 7.52. The molecule has 1 N–H and O–H groups in total. The summed E-state index contributed by atoms with van der Waals surface area (Å²) in [6.07, 6.45) is 3.52. The third kappa shape index (κ3) is 4.43. The van der Waals surface area contributed by atoms with Crippen molar-refractivity contribution in [2.75, 3.05) is 26.2 Å². The van der Waals surface area contributed by atoms with E-state index in [1.54, 1.807) is 6.08 Å². The normalized spacial score (nSPS) is 22.2. The Morgan fingerprint density at radius 3 is 2.83 bits per heavy atom. The third-order valence-electron chi connectivity index (χ3n) is 3.91. The Morgan fingerprint density at radius 1 is 1.33 bits per heavy atom. The summed E-state index contributed by atoms with van der Waals surface area (Å²) in [5, 5.41) is 2.89. The molecule has 1 aliphatic rings. The van der Waals surface area contributed by atoms with Gasteiger partial charge in [0.2, 0.25) is 11.8 Å². The smallest absolute Gasteiger partial charge is 0.244 e. The molecule has 1 fully saturated rings. The van der Waals surface area contributed by atoms with E-state index in [1.807, 2.05) is 24.3 Å². The molecule has 2 atom stereocenters. The van der Waals surface area contributed by atoms with E-state index in [1.165, 1.54) is 6.08 Å². The summed E-state index contributed by atoms with van der Waals surface area (Å²) in [6.45, 7) is 7.38. The lowest BCUT2D eigenvalue weighted by molar-refractivity contribution is -0.116. The molecule has 1 amide bonds. The molecule has 0 aliphatic carbocycles. The highest BCUT2D eigenvalue weighted by Crippen LogP contribution is 2.15. The molecule has 0 saturated carbocycles. The van der Waals surface area contributed by atoms with Gasteiger partial charge in [0.1, 0.15) is 5.52 Å². The summed E-state index contributed by atoms with van der Waals surface area (Å²) in [4.78, 5) is 18.5. The minimum atomic E-state index is -0.147. The van der Waals surface area contributed by atoms with Crippen molar-refractivity contribution in [2.24, 2.45) is 0 Å². The summed E-state index contributed by atoms with van der Waals surface area (Å²) >= 11 is 0. The van der Waals surface area contributed by atoms with Gasteiger partial charge in [-0.15, -0.1) is 0 Å². The van der Waals surface area contributed by atoms with Crippen molar-refractivity contribution in [1.82, 2.24) is 15.2 Å². The topological polar surface area (TPSA) is 67.6 Å². The molecule has 0 bridgehead atoms. The Morgan fingerprint density at radius 2 is 2.08 bits per heavy atom. The molecule has 2 heterocycles. The second kappa shape index (κ2) is 7.59. The minimum absolute atomic E-state index is 0.147. The number of amides is 1. The van der Waals surface area contributed by atoms with Crippen LogP contribution in [0.2, 0.25) is 0 Å². The Labute approximate surface area is 141 Å². The van der Waals surface area contributed by atoms with Crippen LogP contribution in [-0.2, 0) is 9.53 Å². The Balaban J connectivity index is 1.45. The average molecular weight is 329 g/mol. The molecular formula is C18H23N3O3. The Bertz CT molecular complexity index is 682. The maximum absolute atomic E-state index is 11.9. The van der Waals surface area contributed by atoms with Crippen LogP contribution in [0, 0.1) is 0 Å². The van der Waals surface area contributed by atoms with Crippen LogP contribution >= 0.6 is 0 Å². The molecule has 128 valence electrons. The van der Waals surface area contributed by atoms with Crippen LogP contribution < -0.4 is 5.32 Å². The Hall–Kier alpha value is -2.18. The molecule has 1 saturated heterocycles. The quantitative estimate of drug-likeness (QED) is 0.851. The van der Waals surface area contributed by atoms with Crippen molar-refractivity contribution in [3.8, 4) is 0 Å². The number of para-hydroxylation sites is 2. The van der Waals surface area contributed by atoms with Gasteiger partial charge >= 0.3 is 0 Å². The standard InChI is InChI=1S/C18H23N3O3/c1-13-11-21(12-14(2)23-13)10-9-19-17(22)7-8-18-20-15-5-3-4-6-16(15)24-18/h3-8,13-14H,9-12H2,1-2H3,(H,19,22)/b8-7-/t13-,14+. The number of hydrogen-bond acceptors (Lipinski definition) is 5. The molecule has 3 rings (SSSR count). The van der Waals surface area contributed by atoms with Gasteiger partial charge in [-0.25, -0.2) is 4.98 Å². The molecule has 2 aromatic rings. The maximum Gasteiger partial charge on any atom is 0.244 e. The molecular weight excluding hydrogens is 306 g/mol. The number of nitrogens with zero attached hydrogens (tertiary/aromatic N) is 2. The lowest BCUT2D eigenvalue weighted by Crippen LogP contribution is -2.47. The van der Waals surface area contributed by atoms with E-state index in [4.69, 9.17) is 9.15 Å². The summed E-state index contributed by atoms with van der Waals surface area (Å²) in [5.41, 5.74) is 1.50. The van der Waals surface area contributed by atoms with E-state index in [-0.39, 0.29) is 18.1 Å². The van der Waals surface area contributed by atoms with Gasteiger partial charge in [-0.1, -0.05) is 12.1 Å². The second-order valence-corrected chi connectivity index (χ2v) is 6.16. The van der Waals surface area contributed by atoms with E-state index in [9.17, 15) is 4.79 Å². The van der Waals surface area contributed by atoms with Crippen molar-refractivity contribution in [3.63, 3.8) is 0 Å². The highest BCUT2D eigenvalue weighted by atomic mass is 16.5. The molecule has 0 spiro atoms. The van der Waals surface area contributed by atoms with Crippen LogP contribution in [0.5, 0.6) is 0 Å². The maximum atomic E-state index is 11.9. The molecule has 1 aliphatic heterocycles. The minimum Gasteiger partial charge on any atom is -0.437 e. The summed E-state index contributed by atoms with van der Waals surface area (Å²) < 4.78 is 11.2. The highest BCUT2D eigenvalue weighted by molar-refractivity contribution is 5.91. The number of fused-ring (bicyclic) bond motifs is 1. The van der Waals surface area contributed by atoms with E-state index in [0.717, 1.165) is 25.2 Å². The van der Waals surface area contributed by atoms with Gasteiger partial charge in [0.05, 0.1) is 12.2 Å². The Kier molecular flexibility index (Phi) is 5.27. The molecule has 6 nitrogen and oxygen atoms in total. The number of aromatic nitrogens is 1. The number of hydrogen-bond donors (Lipinski definition) is 1. The largest absolute Gasteiger partial charge is 0.437 e. The monoisotopic (exact) mass is 329 g/mol. The predicted molar refractivity (Wildman–Crippen MR) is 92.5 cm³/mol. The third-order valence-corrected chi connectivity index (χ3v) is 3.91. The van der Waals surface area contributed by atoms with E-state index in [2.05, 4.69) is 29.0 Å². The van der Waals surface area contributed by atoms with Crippen LogP contribution in [0.4, 0.5) is 0 Å². The van der Waals surface area contributed by atoms with Crippen molar-refractivity contribution in [1.29, 1.82) is 0 Å². The number of carbonyl (C=O) groups excluding carboxylic acids is 1. The van der Waals surface area contributed by atoms with Crippen molar-refractivity contribution in [2.45, 2.75) is 26.1 Å². The summed E-state index contributed by atoms with van der Waals surface area (Å²) in [7, 11) is 0. The first-order valence-electron chi connectivity index (χ1n) is 8.29. The number of oxazole rings is 1. The first-order valence-corrected chi connectivity index (χ1v) is 8.29. The van der Waals surface area contributed by atoms with Gasteiger partial charge in [-0.3, -0.25) is 9.69 Å². The number of morpholine rings is 1. The molecule has 0 radical (unpaired) electrons. The van der Waals surface area contributed by atoms with E-state index < -0.39 is 0 Å². The fourth-order valence-corrected chi connectivity index (χ4v) is 2.97. The van der Waals surface area contributed by atoms with Crippen LogP contribution in [0.3, 0.4) is 0 Å². The number of benzene rings is 1.